The molecule has 4 fully saturated rings. The van der Waals surface area contributed by atoms with Crippen molar-refractivity contribution in [1.29, 1.82) is 15.8 Å². The minimum atomic E-state index is -0.747. The van der Waals surface area contributed by atoms with Crippen molar-refractivity contribution in [3.63, 3.8) is 0 Å². The van der Waals surface area contributed by atoms with Crippen molar-refractivity contribution >= 4 is 79.6 Å². The second kappa shape index (κ2) is 42.4. The summed E-state index contributed by atoms with van der Waals surface area (Å²) in [5.41, 5.74) is 13.0. The summed E-state index contributed by atoms with van der Waals surface area (Å²) in [6, 6.07) is 40.7. The topological polar surface area (TPSA) is 393 Å². The number of carbonyl (C=O) groups excluding carboxylic acids is 2. The fraction of sp³-hybridized carbons (Fsp3) is 0.317. The van der Waals surface area contributed by atoms with Crippen LogP contribution in [0.15, 0.2) is 155 Å². The number of pyridine rings is 2. The molecule has 0 aliphatic carbocycles. The highest BCUT2D eigenvalue weighted by molar-refractivity contribution is 6.34. The van der Waals surface area contributed by atoms with Crippen LogP contribution in [0.3, 0.4) is 0 Å². The Morgan fingerprint density at radius 1 is 0.602 bits per heavy atom. The van der Waals surface area contributed by atoms with Crippen LogP contribution in [0.1, 0.15) is 103 Å². The van der Waals surface area contributed by atoms with Crippen molar-refractivity contribution < 1.29 is 80.4 Å². The Morgan fingerprint density at radius 2 is 1.05 bits per heavy atom. The number of rotatable bonds is 16. The van der Waals surface area contributed by atoms with Crippen molar-refractivity contribution in [1.82, 2.24) is 14.9 Å². The normalized spacial score (nSPS) is 14.0. The first-order valence-electron chi connectivity index (χ1n) is 35.2. The van der Waals surface area contributed by atoms with E-state index in [1.807, 2.05) is 30.3 Å². The van der Waals surface area contributed by atoms with Crippen molar-refractivity contribution in [2.24, 2.45) is 0 Å². The number of nitrogen functional groups attached to an aromatic ring is 1. The number of ether oxygens (including phenoxy) is 9. The van der Waals surface area contributed by atoms with Gasteiger partial charge in [0.2, 0.25) is 5.69 Å². The molecule has 4 aliphatic rings. The SMILES string of the molecule is C.COc1cc(C(=O)N(C)C)ccc1-c1cc2nccc(Nc3ccc(OC4CCOCC4)c(C#N)c3)c2o1.COc1cc(C(C)=O)ccc1-c1cc2nccc(Cl)c2o1.N#Cc1cc([N+](=O)[O-])ccc1F.N#Cc1cc([N+](=O)[O-])ccc1OC1CCOCC1.OC1CCOCC1.[C-]#[N+]c1cc(N)ccc1OC1CCOCC1. The molecule has 1 amide bonds. The summed E-state index contributed by atoms with van der Waals surface area (Å²) in [7, 11) is 6.51. The molecule has 0 saturated carbocycles. The summed E-state index contributed by atoms with van der Waals surface area (Å²) < 4.78 is 73.9. The summed E-state index contributed by atoms with van der Waals surface area (Å²) in [5, 5.41) is 60.5. The Morgan fingerprint density at radius 3 is 1.53 bits per heavy atom. The molecule has 0 spiro atoms. The lowest BCUT2D eigenvalue weighted by molar-refractivity contribution is -0.385. The van der Waals surface area contributed by atoms with Gasteiger partial charge in [0.1, 0.15) is 99.2 Å². The predicted octanol–water partition coefficient (Wildman–Crippen LogP) is 16.5. The minimum Gasteiger partial charge on any atom is -0.501 e. The average Bonchev–Trinajstić information content (AvgIpc) is 1.65. The molecular formula is C82H83ClFN11O18. The van der Waals surface area contributed by atoms with Crippen molar-refractivity contribution in [2.75, 3.05) is 92.2 Å². The van der Waals surface area contributed by atoms with Crippen molar-refractivity contribution in [2.45, 2.75) is 90.1 Å². The molecule has 4 N–H and O–H groups in total. The molecule has 8 heterocycles. The fourth-order valence-corrected chi connectivity index (χ4v) is 11.6. The van der Waals surface area contributed by atoms with E-state index in [1.54, 1.807) is 114 Å². The van der Waals surface area contributed by atoms with E-state index in [1.165, 1.54) is 36.1 Å². The molecule has 6 aromatic carbocycles. The highest BCUT2D eigenvalue weighted by Gasteiger charge is 2.24. The highest BCUT2D eigenvalue weighted by atomic mass is 35.5. The number of anilines is 3. The van der Waals surface area contributed by atoms with Crippen LogP contribution in [0.5, 0.6) is 28.7 Å². The van der Waals surface area contributed by atoms with Gasteiger partial charge >= 0.3 is 0 Å². The van der Waals surface area contributed by atoms with Gasteiger partial charge in [-0.2, -0.15) is 15.8 Å². The van der Waals surface area contributed by atoms with Crippen LogP contribution in [0.4, 0.5) is 38.5 Å². The third-order valence-corrected chi connectivity index (χ3v) is 17.7. The third-order valence-electron chi connectivity index (χ3n) is 17.4. The molecule has 0 unspecified atom stereocenters. The van der Waals surface area contributed by atoms with Crippen LogP contribution >= 0.6 is 11.6 Å². The first kappa shape index (κ1) is 85.8. The molecule has 31 heteroatoms. The van der Waals surface area contributed by atoms with E-state index < -0.39 is 15.7 Å². The lowest BCUT2D eigenvalue weighted by Gasteiger charge is -2.24. The number of carbonyl (C=O) groups is 2. The van der Waals surface area contributed by atoms with E-state index in [0.29, 0.717) is 133 Å². The summed E-state index contributed by atoms with van der Waals surface area (Å²) in [4.78, 5) is 57.0. The number of nitrogens with zero attached hydrogens (tertiary/aromatic N) is 9. The number of nitriles is 3. The second-order valence-corrected chi connectivity index (χ2v) is 25.8. The Balaban J connectivity index is 0.000000183. The summed E-state index contributed by atoms with van der Waals surface area (Å²) >= 11 is 6.09. The van der Waals surface area contributed by atoms with Crippen LogP contribution < -0.4 is 34.7 Å². The van der Waals surface area contributed by atoms with Gasteiger partial charge in [-0.15, -0.1) is 0 Å². The molecule has 0 atom stereocenters. The number of aliphatic hydroxyl groups excluding tert-OH is 1. The number of hydrogen-bond acceptors (Lipinski definition) is 25. The first-order valence-corrected chi connectivity index (χ1v) is 35.6. The Bertz CT molecular complexity index is 5120. The van der Waals surface area contributed by atoms with E-state index in [2.05, 4.69) is 26.2 Å². The van der Waals surface area contributed by atoms with Crippen LogP contribution in [-0.4, -0.2) is 147 Å². The van der Waals surface area contributed by atoms with Gasteiger partial charge in [0.25, 0.3) is 17.3 Å². The van der Waals surface area contributed by atoms with Crippen molar-refractivity contribution in [3.05, 3.63) is 216 Å². The zero-order chi connectivity index (χ0) is 80.2. The monoisotopic (exact) mass is 1560 g/mol. The maximum atomic E-state index is 12.6. The molecule has 29 nitrogen and oxygen atoms in total. The number of Topliss-reactive ketones (excluding diaryl/α,β-unsaturated/α-hetero) is 1. The standard InChI is InChI=1S/C29H28N4O5.C16H12ClNO3.C12H12N2O4.C12H14N2O2.C7H3FN2O2.C5H10O2.CH4/c1-33(2)29(34)18-4-6-22(26(15-18)35-3)27-16-24-28(38-27)23(8-11-31-24)32-20-5-7-25(19(14-20)17-30)37-21-9-12-36-13-10-21;1-9(19)10-3-4-11(14(7-10)20-2)15-8-13-16(21-15)12(17)5-6-18-13;13-8-9-7-10(14(15)16)1-2-12(9)18-11-3-5-17-6-4-11;1-14-11-8-9(13)2-3-12(11)16-10-4-6-15-7-5-10;8-7-2-1-6(10(11)12)3-5(7)4-9;6-5-1-3-7-4-2-5;/h4-8,11,14-16,21H,9-10,12-13H2,1-3H3,(H,31,32);3-8H,1-2H3;1-2,7,11H,3-6H2;2-3,8,10H,4-7,13H2;1-3H;5-6H,1-4H2;1H4. The minimum absolute atomic E-state index is 0. The van der Waals surface area contributed by atoms with Gasteiger partial charge in [-0.1, -0.05) is 25.1 Å². The van der Waals surface area contributed by atoms with Gasteiger partial charge in [0.05, 0.1) is 109 Å². The van der Waals surface area contributed by atoms with Crippen LogP contribution in [0.25, 0.3) is 49.7 Å². The predicted molar refractivity (Wildman–Crippen MR) is 418 cm³/mol. The number of halogens is 2. The number of non-ortho nitro benzene ring substituents is 2. The van der Waals surface area contributed by atoms with Crippen LogP contribution in [0, 0.1) is 66.6 Å². The van der Waals surface area contributed by atoms with Crippen molar-refractivity contribution in [3.8, 4) is 69.6 Å². The summed E-state index contributed by atoms with van der Waals surface area (Å²) in [5.74, 6) is 2.94. The Labute approximate surface area is 655 Å². The summed E-state index contributed by atoms with van der Waals surface area (Å²) in [6.07, 6.45) is 9.96. The number of nitro groups is 2. The van der Waals surface area contributed by atoms with Gasteiger partial charge in [-0.25, -0.2) is 9.24 Å². The molecule has 4 aliphatic heterocycles. The first-order chi connectivity index (χ1) is 54.1. The van der Waals surface area contributed by atoms with Gasteiger partial charge in [0, 0.05) is 137 Å². The van der Waals surface area contributed by atoms with E-state index in [0.717, 1.165) is 107 Å². The highest BCUT2D eigenvalue weighted by Crippen LogP contribution is 2.40. The smallest absolute Gasteiger partial charge is 0.271 e. The van der Waals surface area contributed by atoms with Gasteiger partial charge in [-0.05, 0) is 111 Å². The Kier molecular flexibility index (Phi) is 32.2. The number of fused-ring (bicyclic) bond motifs is 2. The molecular weight excluding hydrogens is 1480 g/mol. The number of amides is 1. The average molecular weight is 1570 g/mol. The van der Waals surface area contributed by atoms with Gasteiger partial charge < -0.3 is 72.5 Å². The number of methoxy groups -OCH3 is 2. The molecule has 10 aromatic rings. The molecule has 4 saturated heterocycles. The van der Waals surface area contributed by atoms with Gasteiger partial charge in [0.15, 0.2) is 16.9 Å². The maximum Gasteiger partial charge on any atom is 0.271 e. The lowest BCUT2D eigenvalue weighted by Crippen LogP contribution is -2.26. The number of nitro benzene ring substituents is 2. The van der Waals surface area contributed by atoms with E-state index in [4.69, 9.17) is 91.0 Å². The molecule has 4 aromatic heterocycles. The van der Waals surface area contributed by atoms with E-state index in [9.17, 15) is 39.5 Å². The molecule has 588 valence electrons. The van der Waals surface area contributed by atoms with E-state index in [-0.39, 0.29) is 66.0 Å². The Hall–Kier alpha value is -12.8. The lowest BCUT2D eigenvalue weighted by atomic mass is 10.1. The second-order valence-electron chi connectivity index (χ2n) is 25.4. The van der Waals surface area contributed by atoms with Crippen LogP contribution in [-0.2, 0) is 18.9 Å². The number of furan rings is 2. The van der Waals surface area contributed by atoms with Crippen LogP contribution in [0.2, 0.25) is 5.02 Å². The third kappa shape index (κ3) is 24.1. The zero-order valence-electron chi connectivity index (χ0n) is 61.7. The van der Waals surface area contributed by atoms with E-state index >= 15 is 0 Å². The number of hydrogen-bond donors (Lipinski definition) is 3. The number of aliphatic hydroxyl groups is 1. The number of benzene rings is 6. The summed E-state index contributed by atoms with van der Waals surface area (Å²) in [6.45, 7) is 14.1. The number of aromatic nitrogens is 2. The molecule has 113 heavy (non-hydrogen) atoms. The zero-order valence-corrected chi connectivity index (χ0v) is 62.5. The number of nitrogens with two attached hydrogens (primary N) is 1. The molecule has 0 radical (unpaired) electrons. The number of nitrogens with one attached hydrogen (secondary N) is 1. The number of ketones is 1. The molecule has 0 bridgehead atoms. The quantitative estimate of drug-likeness (QED) is 0.0266. The fourth-order valence-electron chi connectivity index (χ4n) is 11.4. The largest absolute Gasteiger partial charge is 0.501 e. The maximum absolute atomic E-state index is 12.6. The molecule has 14 rings (SSSR count). The van der Waals surface area contributed by atoms with Gasteiger partial charge in [-0.3, -0.25) is 39.8 Å².